The lowest BCUT2D eigenvalue weighted by atomic mass is 9.77. The highest BCUT2D eigenvalue weighted by molar-refractivity contribution is 7.09. The number of thiazole rings is 1. The zero-order chi connectivity index (χ0) is 17.0. The molecule has 0 aromatic carbocycles. The molecule has 2 fully saturated rings. The molecule has 0 N–H and O–H groups in total. The Kier molecular flexibility index (Phi) is 5.41. The molecule has 1 unspecified atom stereocenters. The minimum absolute atomic E-state index is 0.243. The molecule has 4 heterocycles. The van der Waals surface area contributed by atoms with Crippen LogP contribution in [0.3, 0.4) is 0 Å². The fourth-order valence-electron chi connectivity index (χ4n) is 3.85. The summed E-state index contributed by atoms with van der Waals surface area (Å²) in [4.78, 5) is 11.0. The van der Waals surface area contributed by atoms with E-state index in [1.54, 1.807) is 23.7 Å². The molecule has 2 saturated heterocycles. The normalized spacial score (nSPS) is 23.3. The van der Waals surface area contributed by atoms with Crippen LogP contribution in [0.5, 0.6) is 0 Å². The van der Waals surface area contributed by atoms with Gasteiger partial charge in [0.15, 0.2) is 0 Å². The highest BCUT2D eigenvalue weighted by Crippen LogP contribution is 2.42. The molecule has 1 spiro atoms. The zero-order valence-corrected chi connectivity index (χ0v) is 15.3. The summed E-state index contributed by atoms with van der Waals surface area (Å²) in [7, 11) is 0. The summed E-state index contributed by atoms with van der Waals surface area (Å²) in [6.45, 7) is 5.50. The number of nitrogens with zero attached hydrogens (tertiary/aromatic N) is 3. The molecule has 2 aromatic heterocycles. The molecule has 0 aliphatic carbocycles. The Morgan fingerprint density at radius 3 is 2.84 bits per heavy atom. The van der Waals surface area contributed by atoms with Crippen molar-refractivity contribution in [2.75, 3.05) is 26.3 Å². The van der Waals surface area contributed by atoms with Gasteiger partial charge in [0.2, 0.25) is 0 Å². The third kappa shape index (κ3) is 4.44. The second-order valence-corrected chi connectivity index (χ2v) is 8.19. The molecule has 0 saturated carbocycles. The van der Waals surface area contributed by atoms with Crippen molar-refractivity contribution in [1.29, 1.82) is 0 Å². The van der Waals surface area contributed by atoms with Gasteiger partial charge in [-0.3, -0.25) is 9.88 Å². The van der Waals surface area contributed by atoms with Gasteiger partial charge in [0, 0.05) is 24.0 Å². The van der Waals surface area contributed by atoms with Crippen LogP contribution in [0.2, 0.25) is 0 Å². The fraction of sp³-hybridized carbons (Fsp3) is 0.579. The van der Waals surface area contributed by atoms with Crippen molar-refractivity contribution < 1.29 is 9.47 Å². The molecule has 2 aromatic rings. The van der Waals surface area contributed by atoms with Gasteiger partial charge in [0.05, 0.1) is 32.5 Å². The van der Waals surface area contributed by atoms with Crippen molar-refractivity contribution in [3.63, 3.8) is 0 Å². The largest absolute Gasteiger partial charge is 0.375 e. The maximum atomic E-state index is 6.06. The Balaban J connectivity index is 1.20. The van der Waals surface area contributed by atoms with Crippen molar-refractivity contribution in [2.45, 2.75) is 38.5 Å². The Morgan fingerprint density at radius 1 is 1.24 bits per heavy atom. The SMILES string of the molecule is c1cc(COCC2CC3(CCN(Cc4nccs4)CC3)CO2)ccn1. The van der Waals surface area contributed by atoms with Crippen LogP contribution in [-0.4, -0.2) is 47.3 Å². The van der Waals surface area contributed by atoms with E-state index in [-0.39, 0.29) is 6.10 Å². The first-order chi connectivity index (χ1) is 12.3. The Labute approximate surface area is 153 Å². The molecule has 2 aliphatic rings. The molecular weight excluding hydrogens is 334 g/mol. The van der Waals surface area contributed by atoms with E-state index in [1.807, 2.05) is 18.3 Å². The van der Waals surface area contributed by atoms with E-state index in [2.05, 4.69) is 20.2 Å². The van der Waals surface area contributed by atoms with Crippen LogP contribution < -0.4 is 0 Å². The third-order valence-electron chi connectivity index (χ3n) is 5.37. The number of hydrogen-bond acceptors (Lipinski definition) is 6. The molecule has 0 radical (unpaired) electrons. The van der Waals surface area contributed by atoms with Crippen LogP contribution in [0, 0.1) is 5.41 Å². The predicted molar refractivity (Wildman–Crippen MR) is 97.3 cm³/mol. The number of likely N-dealkylation sites (tertiary alicyclic amines) is 1. The topological polar surface area (TPSA) is 47.5 Å². The van der Waals surface area contributed by atoms with E-state index >= 15 is 0 Å². The van der Waals surface area contributed by atoms with Crippen LogP contribution >= 0.6 is 11.3 Å². The van der Waals surface area contributed by atoms with Crippen molar-refractivity contribution in [2.24, 2.45) is 5.41 Å². The van der Waals surface area contributed by atoms with E-state index < -0.39 is 0 Å². The number of aromatic nitrogens is 2. The quantitative estimate of drug-likeness (QED) is 0.793. The number of hydrogen-bond donors (Lipinski definition) is 0. The Bertz CT molecular complexity index is 642. The first-order valence-electron chi connectivity index (χ1n) is 9.00. The molecule has 4 rings (SSSR count). The van der Waals surface area contributed by atoms with Crippen LogP contribution in [0.15, 0.2) is 36.1 Å². The van der Waals surface area contributed by atoms with Gasteiger partial charge >= 0.3 is 0 Å². The minimum atomic E-state index is 0.243. The number of pyridine rings is 1. The second kappa shape index (κ2) is 7.91. The molecule has 0 bridgehead atoms. The van der Waals surface area contributed by atoms with Crippen molar-refractivity contribution >= 4 is 11.3 Å². The van der Waals surface area contributed by atoms with Gasteiger partial charge in [-0.2, -0.15) is 0 Å². The molecule has 6 heteroatoms. The second-order valence-electron chi connectivity index (χ2n) is 7.21. The van der Waals surface area contributed by atoms with Gasteiger partial charge in [-0.05, 0) is 55.5 Å². The molecule has 1 atom stereocenters. The average Bonchev–Trinajstić information content (AvgIpc) is 3.29. The summed E-state index contributed by atoms with van der Waals surface area (Å²) >= 11 is 1.75. The van der Waals surface area contributed by atoms with Gasteiger partial charge in [-0.1, -0.05) is 0 Å². The zero-order valence-electron chi connectivity index (χ0n) is 14.5. The third-order valence-corrected chi connectivity index (χ3v) is 6.13. The summed E-state index contributed by atoms with van der Waals surface area (Å²) in [6.07, 6.45) is 9.32. The number of rotatable bonds is 6. The van der Waals surface area contributed by atoms with E-state index in [4.69, 9.17) is 9.47 Å². The highest BCUT2D eigenvalue weighted by atomic mass is 32.1. The van der Waals surface area contributed by atoms with Crippen LogP contribution in [0.25, 0.3) is 0 Å². The maximum Gasteiger partial charge on any atom is 0.107 e. The first kappa shape index (κ1) is 17.1. The summed E-state index contributed by atoms with van der Waals surface area (Å²) in [5.74, 6) is 0. The standard InChI is InChI=1S/C19H25N3O2S/c1-5-20-6-2-16(1)13-23-14-17-11-19(15-24-17)3-8-22(9-4-19)12-18-21-7-10-25-18/h1-2,5-7,10,17H,3-4,8-9,11-15H2. The number of ether oxygens (including phenoxy) is 2. The average molecular weight is 359 g/mol. The van der Waals surface area contributed by atoms with Crippen LogP contribution in [0.1, 0.15) is 29.8 Å². The maximum absolute atomic E-state index is 6.06. The monoisotopic (exact) mass is 359 g/mol. The highest BCUT2D eigenvalue weighted by Gasteiger charge is 2.42. The Morgan fingerprint density at radius 2 is 2.08 bits per heavy atom. The van der Waals surface area contributed by atoms with Gasteiger partial charge in [0.1, 0.15) is 5.01 Å². The van der Waals surface area contributed by atoms with Crippen molar-refractivity contribution in [3.05, 3.63) is 46.7 Å². The lowest BCUT2D eigenvalue weighted by Gasteiger charge is -2.38. The lowest BCUT2D eigenvalue weighted by molar-refractivity contribution is 0.00633. The van der Waals surface area contributed by atoms with Crippen LogP contribution in [-0.2, 0) is 22.6 Å². The van der Waals surface area contributed by atoms with Crippen molar-refractivity contribution in [3.8, 4) is 0 Å². The first-order valence-corrected chi connectivity index (χ1v) is 9.88. The van der Waals surface area contributed by atoms with E-state index in [1.165, 1.54) is 23.4 Å². The van der Waals surface area contributed by atoms with Gasteiger partial charge in [0.25, 0.3) is 0 Å². The predicted octanol–water partition coefficient (Wildman–Crippen LogP) is 3.13. The summed E-state index contributed by atoms with van der Waals surface area (Å²) < 4.78 is 11.9. The Hall–Kier alpha value is -1.34. The molecule has 2 aliphatic heterocycles. The summed E-state index contributed by atoms with van der Waals surface area (Å²) in [6, 6.07) is 3.99. The number of piperidine rings is 1. The lowest BCUT2D eigenvalue weighted by Crippen LogP contribution is -2.40. The fourth-order valence-corrected chi connectivity index (χ4v) is 4.50. The van der Waals surface area contributed by atoms with Gasteiger partial charge in [-0.25, -0.2) is 4.98 Å². The van der Waals surface area contributed by atoms with E-state index in [0.717, 1.165) is 32.7 Å². The molecular formula is C19H25N3O2S. The van der Waals surface area contributed by atoms with E-state index in [0.29, 0.717) is 18.6 Å². The molecule has 5 nitrogen and oxygen atoms in total. The minimum Gasteiger partial charge on any atom is -0.375 e. The van der Waals surface area contributed by atoms with Crippen LogP contribution in [0.4, 0.5) is 0 Å². The molecule has 25 heavy (non-hydrogen) atoms. The summed E-state index contributed by atoms with van der Waals surface area (Å²) in [5, 5.41) is 3.28. The van der Waals surface area contributed by atoms with Gasteiger partial charge in [-0.15, -0.1) is 11.3 Å². The van der Waals surface area contributed by atoms with Gasteiger partial charge < -0.3 is 9.47 Å². The van der Waals surface area contributed by atoms with Crippen molar-refractivity contribution in [1.82, 2.24) is 14.9 Å². The molecule has 134 valence electrons. The van der Waals surface area contributed by atoms with E-state index in [9.17, 15) is 0 Å². The summed E-state index contributed by atoms with van der Waals surface area (Å²) in [5.41, 5.74) is 1.53. The molecule has 0 amide bonds. The smallest absolute Gasteiger partial charge is 0.107 e.